The van der Waals surface area contributed by atoms with Crippen molar-refractivity contribution in [3.8, 4) is 12.3 Å². The summed E-state index contributed by atoms with van der Waals surface area (Å²) in [5.74, 6) is 2.56. The molecular weight excluding hydrogens is 286 g/mol. The van der Waals surface area contributed by atoms with E-state index in [1.54, 1.807) is 0 Å². The van der Waals surface area contributed by atoms with Gasteiger partial charge >= 0.3 is 0 Å². The standard InChI is InChI=1S/C12H14ClN3O2S/c1-2-5-15-6-8-16(9-7-15)19(17,18)11-3-4-12(13)14-10-11/h1,3-4,10H,5-9H2. The first kappa shape index (κ1) is 14.3. The molecule has 1 fully saturated rings. The summed E-state index contributed by atoms with van der Waals surface area (Å²) in [5.41, 5.74) is 0. The maximum Gasteiger partial charge on any atom is 0.244 e. The van der Waals surface area contributed by atoms with Crippen molar-refractivity contribution >= 4 is 21.6 Å². The molecule has 7 heteroatoms. The molecule has 2 rings (SSSR count). The number of sulfonamides is 1. The van der Waals surface area contributed by atoms with E-state index in [4.69, 9.17) is 18.0 Å². The van der Waals surface area contributed by atoms with E-state index in [1.807, 2.05) is 4.90 Å². The van der Waals surface area contributed by atoms with Crippen molar-refractivity contribution in [1.29, 1.82) is 0 Å². The fourth-order valence-electron chi connectivity index (χ4n) is 1.92. The van der Waals surface area contributed by atoms with Gasteiger partial charge in [-0.1, -0.05) is 17.5 Å². The number of pyridine rings is 1. The zero-order valence-corrected chi connectivity index (χ0v) is 11.9. The molecule has 19 heavy (non-hydrogen) atoms. The first-order valence-corrected chi connectivity index (χ1v) is 7.63. The van der Waals surface area contributed by atoms with E-state index in [-0.39, 0.29) is 10.0 Å². The van der Waals surface area contributed by atoms with Crippen molar-refractivity contribution in [2.45, 2.75) is 4.90 Å². The Morgan fingerprint density at radius 1 is 1.32 bits per heavy atom. The van der Waals surface area contributed by atoms with Crippen LogP contribution in [-0.2, 0) is 10.0 Å². The molecule has 0 radical (unpaired) electrons. The van der Waals surface area contributed by atoms with Crippen molar-refractivity contribution in [3.05, 3.63) is 23.5 Å². The lowest BCUT2D eigenvalue weighted by molar-refractivity contribution is 0.207. The van der Waals surface area contributed by atoms with Crippen LogP contribution in [0.1, 0.15) is 0 Å². The molecule has 0 aliphatic carbocycles. The maximum absolute atomic E-state index is 12.3. The smallest absolute Gasteiger partial charge is 0.244 e. The number of nitrogens with zero attached hydrogens (tertiary/aromatic N) is 3. The summed E-state index contributed by atoms with van der Waals surface area (Å²) in [6.45, 7) is 2.71. The van der Waals surface area contributed by atoms with Gasteiger partial charge in [-0.05, 0) is 12.1 Å². The normalized spacial score (nSPS) is 18.1. The zero-order valence-electron chi connectivity index (χ0n) is 10.3. The summed E-state index contributed by atoms with van der Waals surface area (Å²) in [7, 11) is -3.48. The van der Waals surface area contributed by atoms with Crippen LogP contribution in [0, 0.1) is 12.3 Å². The molecule has 0 bridgehead atoms. The Bertz CT molecular complexity index is 572. The third-order valence-corrected chi connectivity index (χ3v) is 5.09. The summed E-state index contributed by atoms with van der Waals surface area (Å²) < 4.78 is 26.1. The molecule has 1 aliphatic rings. The second-order valence-electron chi connectivity index (χ2n) is 4.20. The molecule has 2 heterocycles. The molecule has 1 aromatic rings. The minimum Gasteiger partial charge on any atom is -0.290 e. The fourth-order valence-corrected chi connectivity index (χ4v) is 3.40. The molecular formula is C12H14ClN3O2S. The number of hydrogen-bond donors (Lipinski definition) is 0. The molecule has 0 amide bonds. The molecule has 5 nitrogen and oxygen atoms in total. The van der Waals surface area contributed by atoms with Gasteiger partial charge in [-0.25, -0.2) is 13.4 Å². The first-order valence-electron chi connectivity index (χ1n) is 5.81. The molecule has 0 saturated carbocycles. The monoisotopic (exact) mass is 299 g/mol. The maximum atomic E-state index is 12.3. The van der Waals surface area contributed by atoms with Gasteiger partial charge in [0.25, 0.3) is 0 Å². The number of halogens is 1. The van der Waals surface area contributed by atoms with Crippen LogP contribution >= 0.6 is 11.6 Å². The molecule has 102 valence electrons. The van der Waals surface area contributed by atoms with Crippen molar-refractivity contribution in [2.75, 3.05) is 32.7 Å². The minimum absolute atomic E-state index is 0.169. The topological polar surface area (TPSA) is 53.5 Å². The Kier molecular flexibility index (Phi) is 4.42. The largest absolute Gasteiger partial charge is 0.290 e. The summed E-state index contributed by atoms with van der Waals surface area (Å²) in [6, 6.07) is 2.95. The number of hydrogen-bond acceptors (Lipinski definition) is 4. The van der Waals surface area contributed by atoms with Gasteiger partial charge in [0, 0.05) is 32.4 Å². The van der Waals surface area contributed by atoms with Gasteiger partial charge in [0.2, 0.25) is 10.0 Å². The lowest BCUT2D eigenvalue weighted by Gasteiger charge is -2.32. The highest BCUT2D eigenvalue weighted by Crippen LogP contribution is 2.17. The van der Waals surface area contributed by atoms with Gasteiger partial charge in [0.05, 0.1) is 6.54 Å². The van der Waals surface area contributed by atoms with Crippen LogP contribution < -0.4 is 0 Å². The molecule has 0 unspecified atom stereocenters. The van der Waals surface area contributed by atoms with Crippen molar-refractivity contribution in [1.82, 2.24) is 14.2 Å². The Labute approximate surface area is 118 Å². The summed E-state index contributed by atoms with van der Waals surface area (Å²) in [6.07, 6.45) is 6.52. The molecule has 0 atom stereocenters. The molecule has 1 saturated heterocycles. The predicted octanol–water partition coefficient (Wildman–Crippen LogP) is 0.674. The van der Waals surface area contributed by atoms with E-state index in [0.717, 1.165) is 0 Å². The highest BCUT2D eigenvalue weighted by molar-refractivity contribution is 7.89. The van der Waals surface area contributed by atoms with Crippen molar-refractivity contribution in [3.63, 3.8) is 0 Å². The van der Waals surface area contributed by atoms with Gasteiger partial charge < -0.3 is 0 Å². The van der Waals surface area contributed by atoms with E-state index in [9.17, 15) is 8.42 Å². The van der Waals surface area contributed by atoms with Gasteiger partial charge in [-0.3, -0.25) is 4.90 Å². The lowest BCUT2D eigenvalue weighted by Crippen LogP contribution is -2.48. The summed E-state index contributed by atoms with van der Waals surface area (Å²) >= 11 is 5.66. The number of terminal acetylenes is 1. The van der Waals surface area contributed by atoms with Crippen LogP contribution in [0.15, 0.2) is 23.2 Å². The average molecular weight is 300 g/mol. The Hall–Kier alpha value is -1.13. The van der Waals surface area contributed by atoms with Crippen LogP contribution in [-0.4, -0.2) is 55.3 Å². The second kappa shape index (κ2) is 5.88. The minimum atomic E-state index is -3.48. The molecule has 1 aliphatic heterocycles. The highest BCUT2D eigenvalue weighted by atomic mass is 35.5. The van der Waals surface area contributed by atoms with E-state index < -0.39 is 10.0 Å². The number of piperazine rings is 1. The van der Waals surface area contributed by atoms with E-state index >= 15 is 0 Å². The van der Waals surface area contributed by atoms with E-state index in [1.165, 1.54) is 22.6 Å². The van der Waals surface area contributed by atoms with Crippen LogP contribution in [0.25, 0.3) is 0 Å². The predicted molar refractivity (Wildman–Crippen MR) is 73.3 cm³/mol. The van der Waals surface area contributed by atoms with Gasteiger partial charge in [0.15, 0.2) is 0 Å². The van der Waals surface area contributed by atoms with Crippen molar-refractivity contribution < 1.29 is 8.42 Å². The first-order chi connectivity index (χ1) is 9.04. The lowest BCUT2D eigenvalue weighted by atomic mass is 10.4. The number of rotatable bonds is 3. The van der Waals surface area contributed by atoms with Crippen LogP contribution in [0.5, 0.6) is 0 Å². The molecule has 0 spiro atoms. The van der Waals surface area contributed by atoms with Crippen LogP contribution in [0.3, 0.4) is 0 Å². The third-order valence-electron chi connectivity index (χ3n) is 2.98. The van der Waals surface area contributed by atoms with Crippen LogP contribution in [0.4, 0.5) is 0 Å². The quantitative estimate of drug-likeness (QED) is 0.608. The highest BCUT2D eigenvalue weighted by Gasteiger charge is 2.28. The molecule has 1 aromatic heterocycles. The van der Waals surface area contributed by atoms with E-state index in [0.29, 0.717) is 32.7 Å². The van der Waals surface area contributed by atoms with Gasteiger partial charge in [-0.15, -0.1) is 6.42 Å². The second-order valence-corrected chi connectivity index (χ2v) is 6.53. The SMILES string of the molecule is C#CCN1CCN(S(=O)(=O)c2ccc(Cl)nc2)CC1. The van der Waals surface area contributed by atoms with Gasteiger partial charge in [-0.2, -0.15) is 4.31 Å². The Balaban J connectivity index is 2.10. The zero-order chi connectivity index (χ0) is 13.9. The Morgan fingerprint density at radius 2 is 2.00 bits per heavy atom. The van der Waals surface area contributed by atoms with Gasteiger partial charge in [0.1, 0.15) is 10.0 Å². The summed E-state index contributed by atoms with van der Waals surface area (Å²) in [4.78, 5) is 6.02. The van der Waals surface area contributed by atoms with Crippen molar-refractivity contribution in [2.24, 2.45) is 0 Å². The third kappa shape index (κ3) is 3.25. The van der Waals surface area contributed by atoms with Crippen LogP contribution in [0.2, 0.25) is 5.15 Å². The molecule has 0 N–H and O–H groups in total. The molecule has 0 aromatic carbocycles. The average Bonchev–Trinajstić information content (AvgIpc) is 2.40. The fraction of sp³-hybridized carbons (Fsp3) is 0.417. The summed E-state index contributed by atoms with van der Waals surface area (Å²) in [5, 5.41) is 0.276. The number of aromatic nitrogens is 1. The Morgan fingerprint density at radius 3 is 2.53 bits per heavy atom. The van der Waals surface area contributed by atoms with E-state index in [2.05, 4.69) is 10.9 Å².